The number of ether oxygens (including phenoxy) is 2. The number of hydrogen-bond acceptors (Lipinski definition) is 3. The summed E-state index contributed by atoms with van der Waals surface area (Å²) < 4.78 is 11.2. The van der Waals surface area contributed by atoms with E-state index >= 15 is 0 Å². The molecule has 0 aliphatic rings. The molecule has 3 rings (SSSR count). The Morgan fingerprint density at radius 3 is 2.20 bits per heavy atom. The minimum absolute atomic E-state index is 0.243. The summed E-state index contributed by atoms with van der Waals surface area (Å²) in [5.41, 5.74) is 0. The van der Waals surface area contributed by atoms with E-state index in [1.54, 1.807) is 6.08 Å². The summed E-state index contributed by atoms with van der Waals surface area (Å²) in [6.45, 7) is 7.85. The van der Waals surface area contributed by atoms with Crippen LogP contribution in [0.4, 0.5) is 0 Å². The fourth-order valence-corrected chi connectivity index (χ4v) is 5.49. The van der Waals surface area contributed by atoms with E-state index in [0.717, 1.165) is 0 Å². The van der Waals surface area contributed by atoms with E-state index in [2.05, 4.69) is 55.1 Å². The summed E-state index contributed by atoms with van der Waals surface area (Å²) >= 11 is 0. The van der Waals surface area contributed by atoms with Crippen LogP contribution in [0.2, 0.25) is 0 Å². The summed E-state index contributed by atoms with van der Waals surface area (Å²) in [5, 5.41) is 5.26. The zero-order valence-corrected chi connectivity index (χ0v) is 15.5. The van der Waals surface area contributed by atoms with Crippen molar-refractivity contribution in [3.63, 3.8) is 0 Å². The van der Waals surface area contributed by atoms with E-state index < -0.39 is 7.53 Å². The van der Waals surface area contributed by atoms with E-state index in [0.29, 0.717) is 13.0 Å². The number of carbonyl (C=O) groups is 1. The van der Waals surface area contributed by atoms with Gasteiger partial charge in [-0.1, -0.05) is 62.1 Å². The van der Waals surface area contributed by atoms with Crippen molar-refractivity contribution < 1.29 is 14.3 Å². The quantitative estimate of drug-likeness (QED) is 0.403. The third-order valence-corrected chi connectivity index (χ3v) is 6.81. The Kier molecular flexibility index (Phi) is 5.57. The van der Waals surface area contributed by atoms with Gasteiger partial charge in [0.05, 0.1) is 25.0 Å². The normalized spacial score (nSPS) is 13.7. The molecule has 0 aliphatic heterocycles. The van der Waals surface area contributed by atoms with Gasteiger partial charge in [0.15, 0.2) is 0 Å². The Morgan fingerprint density at radius 2 is 1.68 bits per heavy atom. The zero-order valence-electron chi connectivity index (χ0n) is 14.6. The predicted octanol–water partition coefficient (Wildman–Crippen LogP) is 5.71. The molecule has 0 amide bonds. The first-order valence-electron chi connectivity index (χ1n) is 8.54. The maximum atomic E-state index is 12.0. The summed E-state index contributed by atoms with van der Waals surface area (Å²) in [5.74, 6) is -0.604. The molecule has 25 heavy (non-hydrogen) atoms. The van der Waals surface area contributed by atoms with Crippen molar-refractivity contribution >= 4 is 34.5 Å². The van der Waals surface area contributed by atoms with E-state index in [-0.39, 0.29) is 18.0 Å². The van der Waals surface area contributed by atoms with Gasteiger partial charge in [0.25, 0.3) is 0 Å². The molecule has 2 atom stereocenters. The highest BCUT2D eigenvalue weighted by Gasteiger charge is 2.24. The minimum atomic E-state index is -0.589. The van der Waals surface area contributed by atoms with Crippen molar-refractivity contribution in [2.24, 2.45) is 5.92 Å². The first-order chi connectivity index (χ1) is 12.2. The molecule has 0 N–H and O–H groups in total. The van der Waals surface area contributed by atoms with Crippen molar-refractivity contribution in [2.75, 3.05) is 6.61 Å². The minimum Gasteiger partial charge on any atom is -0.466 e. The van der Waals surface area contributed by atoms with Gasteiger partial charge in [-0.2, -0.15) is 0 Å². The Morgan fingerprint density at radius 1 is 1.12 bits per heavy atom. The molecule has 0 saturated heterocycles. The number of benzene rings is 2. The maximum Gasteiger partial charge on any atom is 0.311 e. The molecule has 1 heterocycles. The lowest BCUT2D eigenvalue weighted by Crippen LogP contribution is -2.27. The molecule has 2 aromatic carbocycles. The molecule has 0 saturated carbocycles. The molecule has 0 bridgehead atoms. The highest BCUT2D eigenvalue weighted by molar-refractivity contribution is 7.60. The van der Waals surface area contributed by atoms with Gasteiger partial charge in [0.2, 0.25) is 0 Å². The van der Waals surface area contributed by atoms with Crippen LogP contribution in [0, 0.1) is 5.92 Å². The van der Waals surface area contributed by atoms with Crippen molar-refractivity contribution in [2.45, 2.75) is 26.3 Å². The lowest BCUT2D eigenvalue weighted by Gasteiger charge is -2.20. The molecule has 0 fully saturated rings. The molecule has 4 heteroatoms. The fraction of sp³-hybridized carbons (Fsp3) is 0.286. The topological polar surface area (TPSA) is 35.5 Å². The lowest BCUT2D eigenvalue weighted by molar-refractivity contribution is -0.151. The molecule has 0 spiro atoms. The standard InChI is InChI=1S/C21H23O3P/c1-4-18(15(3)21(22)23-5-2)24-14-25-19-12-8-6-10-16(19)17-11-7-9-13-20(17)25/h4,6-13,15,18H,1,5,14H2,2-3H3/t15-,18-/m0/s1. The third-order valence-electron chi connectivity index (χ3n) is 4.46. The Hall–Kier alpha value is -2.09. The Labute approximate surface area is 149 Å². The van der Waals surface area contributed by atoms with Gasteiger partial charge in [-0.15, -0.1) is 6.58 Å². The second kappa shape index (κ2) is 7.86. The summed E-state index contributed by atoms with van der Waals surface area (Å²) in [6.07, 6.45) is 1.93. The number of fused-ring (bicyclic) bond motifs is 3. The molecule has 3 aromatic rings. The monoisotopic (exact) mass is 354 g/mol. The maximum absolute atomic E-state index is 12.0. The van der Waals surface area contributed by atoms with Crippen LogP contribution < -0.4 is 0 Å². The molecule has 0 aliphatic carbocycles. The van der Waals surface area contributed by atoms with E-state index in [9.17, 15) is 4.79 Å². The second-order valence-corrected chi connectivity index (χ2v) is 8.08. The van der Waals surface area contributed by atoms with Gasteiger partial charge in [-0.25, -0.2) is 0 Å². The summed E-state index contributed by atoms with van der Waals surface area (Å²) in [6, 6.07) is 17.0. The second-order valence-electron chi connectivity index (χ2n) is 6.00. The van der Waals surface area contributed by atoms with Crippen LogP contribution in [0.15, 0.2) is 61.2 Å². The third kappa shape index (κ3) is 3.49. The molecule has 1 aromatic heterocycles. The van der Waals surface area contributed by atoms with Gasteiger partial charge >= 0.3 is 5.97 Å². The lowest BCUT2D eigenvalue weighted by atomic mass is 10.1. The predicted molar refractivity (Wildman–Crippen MR) is 105 cm³/mol. The van der Waals surface area contributed by atoms with Gasteiger partial charge in [0, 0.05) is 10.2 Å². The van der Waals surface area contributed by atoms with Crippen LogP contribution in [0.25, 0.3) is 21.0 Å². The van der Waals surface area contributed by atoms with E-state index in [1.807, 2.05) is 13.8 Å². The van der Waals surface area contributed by atoms with Crippen LogP contribution in [-0.2, 0) is 20.6 Å². The molecule has 3 nitrogen and oxygen atoms in total. The SMILES string of the molecule is C=C[C@H](OCp1c2ccccc2c2ccccc21)[C@H](C)C(=O)OCC. The van der Waals surface area contributed by atoms with Gasteiger partial charge in [-0.3, -0.25) is 4.79 Å². The number of hydrogen-bond donors (Lipinski definition) is 0. The number of esters is 1. The summed E-state index contributed by atoms with van der Waals surface area (Å²) in [7, 11) is -0.589. The largest absolute Gasteiger partial charge is 0.466 e. The van der Waals surface area contributed by atoms with Gasteiger partial charge < -0.3 is 9.47 Å². The van der Waals surface area contributed by atoms with Crippen molar-refractivity contribution in [3.8, 4) is 0 Å². The van der Waals surface area contributed by atoms with E-state index in [4.69, 9.17) is 9.47 Å². The Balaban J connectivity index is 1.89. The highest BCUT2D eigenvalue weighted by atomic mass is 31.1. The molecule has 130 valence electrons. The molecule has 0 radical (unpaired) electrons. The highest BCUT2D eigenvalue weighted by Crippen LogP contribution is 2.49. The van der Waals surface area contributed by atoms with Crippen LogP contribution in [0.3, 0.4) is 0 Å². The van der Waals surface area contributed by atoms with Crippen LogP contribution >= 0.6 is 7.53 Å². The van der Waals surface area contributed by atoms with Crippen LogP contribution in [0.5, 0.6) is 0 Å². The van der Waals surface area contributed by atoms with Crippen LogP contribution in [0.1, 0.15) is 13.8 Å². The molecule has 0 unspecified atom stereocenters. The first-order valence-corrected chi connectivity index (χ1v) is 10.1. The first kappa shape index (κ1) is 17.7. The zero-order chi connectivity index (χ0) is 17.8. The summed E-state index contributed by atoms with van der Waals surface area (Å²) in [4.78, 5) is 12.0. The van der Waals surface area contributed by atoms with Gasteiger partial charge in [-0.05, 0) is 24.6 Å². The van der Waals surface area contributed by atoms with E-state index in [1.165, 1.54) is 21.0 Å². The number of carbonyl (C=O) groups excluding carboxylic acids is 1. The smallest absolute Gasteiger partial charge is 0.311 e. The average Bonchev–Trinajstić information content (AvgIpc) is 2.96. The van der Waals surface area contributed by atoms with Crippen molar-refractivity contribution in [3.05, 3.63) is 61.2 Å². The van der Waals surface area contributed by atoms with Crippen molar-refractivity contribution in [1.82, 2.24) is 0 Å². The fourth-order valence-electron chi connectivity index (χ4n) is 3.13. The molecular weight excluding hydrogens is 331 g/mol. The molecular formula is C21H23O3P. The average molecular weight is 354 g/mol. The van der Waals surface area contributed by atoms with Crippen molar-refractivity contribution in [1.29, 1.82) is 0 Å². The van der Waals surface area contributed by atoms with Gasteiger partial charge in [0.1, 0.15) is 0 Å². The van der Waals surface area contributed by atoms with Crippen LogP contribution in [-0.4, -0.2) is 18.7 Å². The number of rotatable bonds is 7. The Bertz CT molecular complexity index is 843.